The van der Waals surface area contributed by atoms with Crippen molar-refractivity contribution >= 4 is 28.9 Å². The average Bonchev–Trinajstić information content (AvgIpc) is 3.62. The Morgan fingerprint density at radius 1 is 0.872 bits per heavy atom. The summed E-state index contributed by atoms with van der Waals surface area (Å²) in [5.41, 5.74) is 2.81. The molecule has 0 amide bonds. The molecule has 0 unspecified atom stereocenters. The van der Waals surface area contributed by atoms with Crippen LogP contribution in [0.4, 0.5) is 17.3 Å². The molecule has 0 radical (unpaired) electrons. The molecule has 11 heteroatoms. The van der Waals surface area contributed by atoms with Gasteiger partial charge in [-0.2, -0.15) is 10.2 Å². The molecule has 5 aromatic rings. The smallest absolute Gasteiger partial charge is 0.174 e. The average molecular weight is 541 g/mol. The molecule has 10 nitrogen and oxygen atoms in total. The van der Waals surface area contributed by atoms with Crippen LogP contribution in [0.1, 0.15) is 43.5 Å². The van der Waals surface area contributed by atoms with Gasteiger partial charge in [-0.05, 0) is 63.1 Å². The van der Waals surface area contributed by atoms with Crippen molar-refractivity contribution in [2.45, 2.75) is 52.0 Å². The maximum Gasteiger partial charge on any atom is 0.174 e. The molecule has 1 fully saturated rings. The van der Waals surface area contributed by atoms with Crippen molar-refractivity contribution in [2.75, 3.05) is 10.0 Å². The van der Waals surface area contributed by atoms with Crippen LogP contribution in [0.2, 0.25) is 5.02 Å². The van der Waals surface area contributed by atoms with E-state index in [0.29, 0.717) is 28.3 Å². The summed E-state index contributed by atoms with van der Waals surface area (Å²) in [6, 6.07) is 11.8. The molecule has 0 N–H and O–H groups in total. The number of hydrogen-bond donors (Lipinski definition) is 0. The van der Waals surface area contributed by atoms with Gasteiger partial charge in [-0.1, -0.05) is 30.9 Å². The molecule has 0 aliphatic heterocycles. The minimum Gasteiger partial charge on any atom is -0.258 e. The topological polar surface area (TPSA) is 93.7 Å². The fourth-order valence-corrected chi connectivity index (χ4v) is 5.24. The van der Waals surface area contributed by atoms with Gasteiger partial charge >= 0.3 is 0 Å². The van der Waals surface area contributed by atoms with Gasteiger partial charge in [0.2, 0.25) is 0 Å². The summed E-state index contributed by atoms with van der Waals surface area (Å²) in [6.45, 7) is 3.99. The summed E-state index contributed by atoms with van der Waals surface area (Å²) in [5.74, 6) is 2.61. The lowest BCUT2D eigenvalue weighted by molar-refractivity contribution is 0.412. The van der Waals surface area contributed by atoms with E-state index in [1.165, 1.54) is 6.42 Å². The van der Waals surface area contributed by atoms with Crippen LogP contribution >= 0.6 is 11.6 Å². The van der Waals surface area contributed by atoms with Crippen LogP contribution in [0.5, 0.6) is 0 Å². The highest BCUT2D eigenvalue weighted by Gasteiger charge is 2.31. The second-order valence-electron chi connectivity index (χ2n) is 9.69. The van der Waals surface area contributed by atoms with Crippen molar-refractivity contribution in [2.24, 2.45) is 0 Å². The standard InChI is InChI=1S/C28H29ClN10/c1-20-15-21(2)37(35-20)26-17-31-19-28(34-26)38(23-7-4-3-5-8-23)39(24-11-9-22(29)10-12-24)27-18-30-16-25(33-27)36-14-6-13-32-36/h6,9-19,23H,3-5,7-8H2,1-2H3. The zero-order valence-electron chi connectivity index (χ0n) is 21.9. The third-order valence-corrected chi connectivity index (χ3v) is 7.09. The number of anilines is 3. The molecule has 1 aromatic carbocycles. The van der Waals surface area contributed by atoms with Crippen molar-refractivity contribution in [3.63, 3.8) is 0 Å². The molecule has 1 aliphatic carbocycles. The molecular weight excluding hydrogens is 512 g/mol. The Morgan fingerprint density at radius 3 is 2.28 bits per heavy atom. The molecule has 198 valence electrons. The van der Waals surface area contributed by atoms with Gasteiger partial charge in [0.1, 0.15) is 0 Å². The molecule has 0 atom stereocenters. The van der Waals surface area contributed by atoms with E-state index in [9.17, 15) is 0 Å². The molecule has 39 heavy (non-hydrogen) atoms. The second kappa shape index (κ2) is 10.8. The summed E-state index contributed by atoms with van der Waals surface area (Å²) in [6.07, 6.45) is 16.1. The van der Waals surface area contributed by atoms with Crippen molar-refractivity contribution in [3.8, 4) is 11.6 Å². The summed E-state index contributed by atoms with van der Waals surface area (Å²) in [5, 5.41) is 13.9. The minimum absolute atomic E-state index is 0.176. The van der Waals surface area contributed by atoms with E-state index in [1.807, 2.05) is 61.1 Å². The van der Waals surface area contributed by atoms with Crippen LogP contribution in [0.15, 0.2) is 73.6 Å². The van der Waals surface area contributed by atoms with E-state index in [-0.39, 0.29) is 6.04 Å². The van der Waals surface area contributed by atoms with Crippen LogP contribution in [-0.2, 0) is 0 Å². The normalized spacial score (nSPS) is 13.9. The number of rotatable bonds is 7. The highest BCUT2D eigenvalue weighted by Crippen LogP contribution is 2.35. The van der Waals surface area contributed by atoms with E-state index in [2.05, 4.69) is 30.2 Å². The largest absolute Gasteiger partial charge is 0.258 e. The first-order valence-electron chi connectivity index (χ1n) is 13.1. The second-order valence-corrected chi connectivity index (χ2v) is 10.1. The molecular formula is C28H29ClN10. The van der Waals surface area contributed by atoms with Crippen LogP contribution in [0.25, 0.3) is 11.6 Å². The van der Waals surface area contributed by atoms with Gasteiger partial charge in [0, 0.05) is 23.1 Å². The van der Waals surface area contributed by atoms with Crippen molar-refractivity contribution in [3.05, 3.63) is 90.0 Å². The maximum absolute atomic E-state index is 6.30. The zero-order valence-corrected chi connectivity index (χ0v) is 22.6. The lowest BCUT2D eigenvalue weighted by Crippen LogP contribution is -2.49. The number of nitrogens with zero attached hydrogens (tertiary/aromatic N) is 10. The third-order valence-electron chi connectivity index (χ3n) is 6.84. The molecule has 0 bridgehead atoms. The monoisotopic (exact) mass is 540 g/mol. The maximum atomic E-state index is 6.30. The Bertz CT molecular complexity index is 1540. The zero-order chi connectivity index (χ0) is 26.8. The Labute approximate surface area is 231 Å². The Balaban J connectivity index is 1.52. The number of benzene rings is 1. The predicted molar refractivity (Wildman–Crippen MR) is 151 cm³/mol. The van der Waals surface area contributed by atoms with Gasteiger partial charge < -0.3 is 0 Å². The molecule has 1 saturated carbocycles. The number of hydrazine groups is 1. The number of aryl methyl sites for hydroxylation is 2. The predicted octanol–water partition coefficient (Wildman–Crippen LogP) is 5.80. The summed E-state index contributed by atoms with van der Waals surface area (Å²) in [7, 11) is 0. The first kappa shape index (κ1) is 25.0. The van der Waals surface area contributed by atoms with E-state index in [0.717, 1.165) is 42.8 Å². The van der Waals surface area contributed by atoms with Crippen LogP contribution in [-0.4, -0.2) is 45.5 Å². The number of hydrogen-bond acceptors (Lipinski definition) is 8. The Hall–Kier alpha value is -4.31. The lowest BCUT2D eigenvalue weighted by Gasteiger charge is -2.43. The van der Waals surface area contributed by atoms with Gasteiger partial charge in [0.25, 0.3) is 0 Å². The van der Waals surface area contributed by atoms with Gasteiger partial charge in [0.15, 0.2) is 23.3 Å². The van der Waals surface area contributed by atoms with Crippen LogP contribution in [0.3, 0.4) is 0 Å². The third kappa shape index (κ3) is 5.20. The van der Waals surface area contributed by atoms with E-state index in [4.69, 9.17) is 21.6 Å². The first-order valence-corrected chi connectivity index (χ1v) is 13.5. The Kier molecular flexibility index (Phi) is 6.93. The highest BCUT2D eigenvalue weighted by molar-refractivity contribution is 6.30. The summed E-state index contributed by atoms with van der Waals surface area (Å²) >= 11 is 6.30. The van der Waals surface area contributed by atoms with Crippen LogP contribution in [0, 0.1) is 13.8 Å². The fraction of sp³-hybridized carbons (Fsp3) is 0.286. The van der Waals surface area contributed by atoms with Crippen molar-refractivity contribution in [1.29, 1.82) is 0 Å². The molecule has 0 saturated heterocycles. The fourth-order valence-electron chi connectivity index (χ4n) is 5.11. The van der Waals surface area contributed by atoms with E-state index in [1.54, 1.807) is 35.7 Å². The summed E-state index contributed by atoms with van der Waals surface area (Å²) < 4.78 is 3.53. The SMILES string of the molecule is Cc1cc(C)n(-c2cncc(N(C3CCCCC3)N(c3ccc(Cl)cc3)c3cncc(-n4cccn4)n3)n2)n1. The highest BCUT2D eigenvalue weighted by atomic mass is 35.5. The first-order chi connectivity index (χ1) is 19.1. The Morgan fingerprint density at radius 2 is 1.59 bits per heavy atom. The number of aromatic nitrogens is 8. The van der Waals surface area contributed by atoms with Crippen molar-refractivity contribution < 1.29 is 0 Å². The molecule has 1 aliphatic rings. The molecule has 4 heterocycles. The molecule has 6 rings (SSSR count). The molecule has 0 spiro atoms. The van der Waals surface area contributed by atoms with Crippen molar-refractivity contribution in [1.82, 2.24) is 39.5 Å². The quantitative estimate of drug-likeness (QED) is 0.239. The van der Waals surface area contributed by atoms with E-state index < -0.39 is 0 Å². The van der Waals surface area contributed by atoms with Gasteiger partial charge in [-0.25, -0.2) is 24.3 Å². The molecule has 4 aromatic heterocycles. The number of halogens is 1. The van der Waals surface area contributed by atoms with Gasteiger partial charge in [-0.3, -0.25) is 15.0 Å². The van der Waals surface area contributed by atoms with Crippen LogP contribution < -0.4 is 10.0 Å². The van der Waals surface area contributed by atoms with Gasteiger partial charge in [0.05, 0.1) is 42.2 Å². The summed E-state index contributed by atoms with van der Waals surface area (Å²) in [4.78, 5) is 19.2. The lowest BCUT2D eigenvalue weighted by atomic mass is 9.95. The van der Waals surface area contributed by atoms with Gasteiger partial charge in [-0.15, -0.1) is 0 Å². The van der Waals surface area contributed by atoms with E-state index >= 15 is 0 Å². The minimum atomic E-state index is 0.176.